The van der Waals surface area contributed by atoms with Crippen LogP contribution in [0.15, 0.2) is 0 Å². The van der Waals surface area contributed by atoms with E-state index in [4.69, 9.17) is 5.14 Å². The molecule has 0 amide bonds. The van der Waals surface area contributed by atoms with Crippen LogP contribution in [0.3, 0.4) is 0 Å². The summed E-state index contributed by atoms with van der Waals surface area (Å²) < 4.78 is 21.9. The van der Waals surface area contributed by atoms with E-state index in [2.05, 4.69) is 23.6 Å². The summed E-state index contributed by atoms with van der Waals surface area (Å²) in [5.74, 6) is 0.0651. The van der Waals surface area contributed by atoms with Crippen molar-refractivity contribution in [2.75, 3.05) is 38.5 Å². The van der Waals surface area contributed by atoms with Crippen LogP contribution in [0.1, 0.15) is 20.3 Å². The number of rotatable bonds is 5. The molecular weight excluding hydrogens is 226 g/mol. The van der Waals surface area contributed by atoms with Crippen LogP contribution in [0, 0.1) is 0 Å². The van der Waals surface area contributed by atoms with Crippen LogP contribution in [-0.2, 0) is 10.0 Å². The van der Waals surface area contributed by atoms with Gasteiger partial charge in [0.15, 0.2) is 0 Å². The van der Waals surface area contributed by atoms with Gasteiger partial charge < -0.3 is 4.90 Å². The lowest BCUT2D eigenvalue weighted by atomic mass is 10.1. The lowest BCUT2D eigenvalue weighted by Crippen LogP contribution is -2.53. The summed E-state index contributed by atoms with van der Waals surface area (Å²) in [5.41, 5.74) is 0. The van der Waals surface area contributed by atoms with E-state index in [-0.39, 0.29) is 5.75 Å². The highest BCUT2D eigenvalue weighted by molar-refractivity contribution is 7.89. The maximum absolute atomic E-state index is 10.9. The second-order valence-corrected chi connectivity index (χ2v) is 6.09. The van der Waals surface area contributed by atoms with Gasteiger partial charge >= 0.3 is 0 Å². The zero-order valence-electron chi connectivity index (χ0n) is 10.2. The Balaban J connectivity index is 2.47. The second-order valence-electron chi connectivity index (χ2n) is 4.36. The number of nitrogens with two attached hydrogens (primary N) is 1. The highest BCUT2D eigenvalue weighted by atomic mass is 32.2. The maximum Gasteiger partial charge on any atom is 0.210 e. The smallest absolute Gasteiger partial charge is 0.210 e. The summed E-state index contributed by atoms with van der Waals surface area (Å²) >= 11 is 0. The fourth-order valence-corrected chi connectivity index (χ4v) is 2.66. The summed E-state index contributed by atoms with van der Waals surface area (Å²) in [6.07, 6.45) is 1.06. The minimum Gasteiger partial charge on any atom is -0.301 e. The van der Waals surface area contributed by atoms with Crippen molar-refractivity contribution in [1.82, 2.24) is 9.80 Å². The molecule has 5 nitrogen and oxygen atoms in total. The Labute approximate surface area is 98.6 Å². The van der Waals surface area contributed by atoms with E-state index >= 15 is 0 Å². The van der Waals surface area contributed by atoms with Gasteiger partial charge in [0, 0.05) is 32.2 Å². The van der Waals surface area contributed by atoms with Gasteiger partial charge in [-0.1, -0.05) is 13.8 Å². The van der Waals surface area contributed by atoms with Crippen LogP contribution in [0.25, 0.3) is 0 Å². The molecule has 1 saturated heterocycles. The van der Waals surface area contributed by atoms with Crippen LogP contribution in [0.2, 0.25) is 0 Å². The Morgan fingerprint density at radius 1 is 1.31 bits per heavy atom. The van der Waals surface area contributed by atoms with Crippen molar-refractivity contribution in [3.63, 3.8) is 0 Å². The van der Waals surface area contributed by atoms with E-state index in [9.17, 15) is 8.42 Å². The van der Waals surface area contributed by atoms with Crippen molar-refractivity contribution in [2.45, 2.75) is 26.3 Å². The summed E-state index contributed by atoms with van der Waals surface area (Å²) in [6, 6.07) is 0.468. The van der Waals surface area contributed by atoms with Gasteiger partial charge in [-0.3, -0.25) is 4.90 Å². The lowest BCUT2D eigenvalue weighted by Gasteiger charge is -2.40. The fraction of sp³-hybridized carbons (Fsp3) is 1.00. The normalized spacial score (nSPS) is 24.8. The first kappa shape index (κ1) is 13.9. The van der Waals surface area contributed by atoms with E-state index in [0.717, 1.165) is 32.6 Å². The first-order chi connectivity index (χ1) is 7.46. The molecule has 1 aliphatic rings. The van der Waals surface area contributed by atoms with E-state index < -0.39 is 10.0 Å². The average molecular weight is 249 g/mol. The zero-order chi connectivity index (χ0) is 12.2. The Morgan fingerprint density at radius 2 is 2.00 bits per heavy atom. The van der Waals surface area contributed by atoms with Crippen LogP contribution in [0.5, 0.6) is 0 Å². The van der Waals surface area contributed by atoms with Gasteiger partial charge in [0.05, 0.1) is 5.75 Å². The molecule has 6 heteroatoms. The zero-order valence-corrected chi connectivity index (χ0v) is 11.0. The number of nitrogens with zero attached hydrogens (tertiary/aromatic N) is 2. The molecule has 0 aromatic rings. The summed E-state index contributed by atoms with van der Waals surface area (Å²) in [6.45, 7) is 8.95. The van der Waals surface area contributed by atoms with Gasteiger partial charge in [0.1, 0.15) is 0 Å². The van der Waals surface area contributed by atoms with Crippen LogP contribution < -0.4 is 5.14 Å². The van der Waals surface area contributed by atoms with Crippen LogP contribution >= 0.6 is 0 Å². The van der Waals surface area contributed by atoms with E-state index in [0.29, 0.717) is 12.6 Å². The third kappa shape index (κ3) is 4.37. The molecule has 16 heavy (non-hydrogen) atoms. The topological polar surface area (TPSA) is 66.6 Å². The Bertz CT molecular complexity index is 305. The minimum absolute atomic E-state index is 0.0651. The van der Waals surface area contributed by atoms with Crippen molar-refractivity contribution in [3.8, 4) is 0 Å². The van der Waals surface area contributed by atoms with Crippen LogP contribution in [0.4, 0.5) is 0 Å². The number of hydrogen-bond acceptors (Lipinski definition) is 4. The molecule has 0 bridgehead atoms. The largest absolute Gasteiger partial charge is 0.301 e. The van der Waals surface area contributed by atoms with Crippen molar-refractivity contribution in [3.05, 3.63) is 0 Å². The van der Waals surface area contributed by atoms with Gasteiger partial charge in [0.2, 0.25) is 10.0 Å². The van der Waals surface area contributed by atoms with Crippen molar-refractivity contribution in [2.24, 2.45) is 5.14 Å². The molecular formula is C10H23N3O2S. The van der Waals surface area contributed by atoms with Crippen molar-refractivity contribution < 1.29 is 8.42 Å². The van der Waals surface area contributed by atoms with Crippen molar-refractivity contribution in [1.29, 1.82) is 0 Å². The molecule has 1 rings (SSSR count). The number of primary sulfonamides is 1. The Hall–Kier alpha value is -0.170. The van der Waals surface area contributed by atoms with Crippen molar-refractivity contribution >= 4 is 10.0 Å². The van der Waals surface area contributed by atoms with Gasteiger partial charge in [-0.15, -0.1) is 0 Å². The molecule has 1 unspecified atom stereocenters. The van der Waals surface area contributed by atoms with Gasteiger partial charge in [-0.2, -0.15) is 0 Å². The van der Waals surface area contributed by atoms with E-state index in [1.165, 1.54) is 0 Å². The average Bonchev–Trinajstić information content (AvgIpc) is 2.25. The molecule has 1 atom stereocenters. The first-order valence-electron chi connectivity index (χ1n) is 5.93. The number of hydrogen-bond donors (Lipinski definition) is 1. The number of likely N-dealkylation sites (N-methyl/N-ethyl adjacent to an activating group) is 1. The second kappa shape index (κ2) is 5.95. The Morgan fingerprint density at radius 3 is 2.50 bits per heavy atom. The highest BCUT2D eigenvalue weighted by Gasteiger charge is 2.25. The maximum atomic E-state index is 10.9. The molecule has 96 valence electrons. The molecule has 0 aliphatic carbocycles. The molecule has 0 aromatic heterocycles. The summed E-state index contributed by atoms with van der Waals surface area (Å²) in [5, 5.41) is 5.03. The monoisotopic (exact) mass is 249 g/mol. The quantitative estimate of drug-likeness (QED) is 0.726. The van der Waals surface area contributed by atoms with Gasteiger partial charge in [0.25, 0.3) is 0 Å². The van der Waals surface area contributed by atoms with Crippen LogP contribution in [-0.4, -0.2) is 62.7 Å². The highest BCUT2D eigenvalue weighted by Crippen LogP contribution is 2.12. The van der Waals surface area contributed by atoms with Gasteiger partial charge in [-0.25, -0.2) is 13.6 Å². The molecule has 2 N–H and O–H groups in total. The van der Waals surface area contributed by atoms with Gasteiger partial charge in [-0.05, 0) is 13.0 Å². The third-order valence-electron chi connectivity index (χ3n) is 3.27. The number of piperazine rings is 1. The minimum atomic E-state index is -3.33. The standard InChI is InChI=1S/C10H23N3O2S/c1-3-10-9-12(4-2)5-6-13(10)7-8-16(11,14)15/h10H,3-9H2,1-2H3,(H2,11,14,15). The fourth-order valence-electron chi connectivity index (χ4n) is 2.17. The SMILES string of the molecule is CCC1CN(CC)CCN1CCS(N)(=O)=O. The Kier molecular flexibility index (Phi) is 5.17. The molecule has 0 radical (unpaired) electrons. The van der Waals surface area contributed by atoms with E-state index in [1.54, 1.807) is 0 Å². The molecule has 1 aliphatic heterocycles. The lowest BCUT2D eigenvalue weighted by molar-refractivity contribution is 0.0806. The molecule has 0 spiro atoms. The molecule has 0 aromatic carbocycles. The summed E-state index contributed by atoms with van der Waals surface area (Å²) in [7, 11) is -3.33. The molecule has 0 saturated carbocycles. The predicted octanol–water partition coefficient (Wildman–Crippen LogP) is -0.309. The number of sulfonamides is 1. The molecule has 1 fully saturated rings. The predicted molar refractivity (Wildman–Crippen MR) is 65.7 cm³/mol. The summed E-state index contributed by atoms with van der Waals surface area (Å²) in [4.78, 5) is 4.65. The molecule has 1 heterocycles. The van der Waals surface area contributed by atoms with E-state index in [1.807, 2.05) is 0 Å². The third-order valence-corrected chi connectivity index (χ3v) is 4.02. The first-order valence-corrected chi connectivity index (χ1v) is 7.64.